The van der Waals surface area contributed by atoms with E-state index >= 15 is 0 Å². The van der Waals surface area contributed by atoms with Crippen LogP contribution in [0.1, 0.15) is 18.1 Å². The lowest BCUT2D eigenvalue weighted by Crippen LogP contribution is -2.04. The summed E-state index contributed by atoms with van der Waals surface area (Å²) >= 11 is 0. The van der Waals surface area contributed by atoms with Gasteiger partial charge in [0.2, 0.25) is 5.70 Å². The van der Waals surface area contributed by atoms with Gasteiger partial charge in [-0.05, 0) is 17.7 Å². The molecule has 0 fully saturated rings. The Kier molecular flexibility index (Phi) is 3.31. The number of rotatable bonds is 2. The molecule has 0 heterocycles. The van der Waals surface area contributed by atoms with Gasteiger partial charge in [-0.2, -0.15) is 13.2 Å². The molecule has 0 unspecified atom stereocenters. The Morgan fingerprint density at radius 1 is 1.44 bits per heavy atom. The molecule has 0 atom stereocenters. The molecule has 0 aliphatic heterocycles. The van der Waals surface area contributed by atoms with Gasteiger partial charge in [0.25, 0.3) is 0 Å². The van der Waals surface area contributed by atoms with Crippen LogP contribution in [0.2, 0.25) is 0 Å². The summed E-state index contributed by atoms with van der Waals surface area (Å²) in [6.07, 6.45) is -3.35. The molecule has 0 spiro atoms. The fourth-order valence-corrected chi connectivity index (χ4v) is 1.10. The minimum atomic E-state index is -4.44. The molecule has 0 bridgehead atoms. The molecule has 0 aromatic heterocycles. The first-order valence-electron chi connectivity index (χ1n) is 4.30. The molecule has 1 aromatic rings. The molecule has 16 heavy (non-hydrogen) atoms. The zero-order valence-corrected chi connectivity index (χ0v) is 8.28. The van der Waals surface area contributed by atoms with E-state index < -0.39 is 16.7 Å². The summed E-state index contributed by atoms with van der Waals surface area (Å²) < 4.78 is 36.9. The van der Waals surface area contributed by atoms with Gasteiger partial charge in [0.15, 0.2) is 0 Å². The van der Waals surface area contributed by atoms with Crippen LogP contribution in [0.25, 0.3) is 6.08 Å². The van der Waals surface area contributed by atoms with Gasteiger partial charge < -0.3 is 0 Å². The van der Waals surface area contributed by atoms with Crippen LogP contribution < -0.4 is 0 Å². The Bertz CT molecular complexity index is 438. The highest BCUT2D eigenvalue weighted by atomic mass is 19.4. The number of benzene rings is 1. The zero-order valence-electron chi connectivity index (χ0n) is 8.28. The van der Waals surface area contributed by atoms with Crippen LogP contribution in [-0.2, 0) is 6.18 Å². The SMILES string of the molecule is CC(=Cc1cccc(C(F)(F)F)c1)[N+](=O)[O-]. The van der Waals surface area contributed by atoms with Crippen LogP contribution in [0.3, 0.4) is 0 Å². The van der Waals surface area contributed by atoms with Gasteiger partial charge in [-0.1, -0.05) is 12.1 Å². The highest BCUT2D eigenvalue weighted by Crippen LogP contribution is 2.29. The maximum atomic E-state index is 12.3. The number of allylic oxidation sites excluding steroid dienone is 1. The second kappa shape index (κ2) is 4.34. The van der Waals surface area contributed by atoms with Gasteiger partial charge in [0, 0.05) is 13.0 Å². The predicted molar refractivity (Wildman–Crippen MR) is 52.1 cm³/mol. The molecule has 86 valence electrons. The first-order chi connectivity index (χ1) is 7.30. The molecule has 0 N–H and O–H groups in total. The van der Waals surface area contributed by atoms with E-state index in [2.05, 4.69) is 0 Å². The monoisotopic (exact) mass is 231 g/mol. The highest BCUT2D eigenvalue weighted by molar-refractivity contribution is 5.51. The van der Waals surface area contributed by atoms with Crippen molar-refractivity contribution < 1.29 is 18.1 Å². The van der Waals surface area contributed by atoms with E-state index in [4.69, 9.17) is 0 Å². The lowest BCUT2D eigenvalue weighted by atomic mass is 10.1. The molecule has 0 aliphatic carbocycles. The van der Waals surface area contributed by atoms with E-state index in [1.54, 1.807) is 0 Å². The van der Waals surface area contributed by atoms with E-state index in [1.807, 2.05) is 0 Å². The number of hydrogen-bond acceptors (Lipinski definition) is 2. The summed E-state index contributed by atoms with van der Waals surface area (Å²) in [7, 11) is 0. The third-order valence-electron chi connectivity index (χ3n) is 1.88. The Balaban J connectivity index is 3.09. The summed E-state index contributed by atoms with van der Waals surface area (Å²) in [5.41, 5.74) is -0.874. The normalized spacial score (nSPS) is 12.6. The van der Waals surface area contributed by atoms with E-state index in [-0.39, 0.29) is 11.3 Å². The summed E-state index contributed by atoms with van der Waals surface area (Å²) in [5.74, 6) is 0. The van der Waals surface area contributed by atoms with Gasteiger partial charge >= 0.3 is 6.18 Å². The predicted octanol–water partition coefficient (Wildman–Crippen LogP) is 3.34. The Morgan fingerprint density at radius 3 is 2.56 bits per heavy atom. The lowest BCUT2D eigenvalue weighted by Gasteiger charge is -2.06. The molecule has 3 nitrogen and oxygen atoms in total. The van der Waals surface area contributed by atoms with Crippen LogP contribution in [0.5, 0.6) is 0 Å². The van der Waals surface area contributed by atoms with E-state index in [1.165, 1.54) is 19.1 Å². The molecule has 0 saturated carbocycles. The zero-order chi connectivity index (χ0) is 12.3. The fourth-order valence-electron chi connectivity index (χ4n) is 1.10. The van der Waals surface area contributed by atoms with Crippen molar-refractivity contribution in [3.63, 3.8) is 0 Å². The smallest absolute Gasteiger partial charge is 0.259 e. The van der Waals surface area contributed by atoms with Gasteiger partial charge in [-0.15, -0.1) is 0 Å². The van der Waals surface area contributed by atoms with Gasteiger partial charge in [0.1, 0.15) is 0 Å². The van der Waals surface area contributed by atoms with Crippen LogP contribution in [0.15, 0.2) is 30.0 Å². The van der Waals surface area contributed by atoms with Crippen molar-refractivity contribution in [2.24, 2.45) is 0 Å². The van der Waals surface area contributed by atoms with Crippen molar-refractivity contribution in [2.75, 3.05) is 0 Å². The summed E-state index contributed by atoms with van der Waals surface area (Å²) in [5, 5.41) is 10.3. The van der Waals surface area contributed by atoms with Gasteiger partial charge in [0.05, 0.1) is 10.5 Å². The largest absolute Gasteiger partial charge is 0.416 e. The summed E-state index contributed by atoms with van der Waals surface area (Å²) in [6.45, 7) is 1.22. The quantitative estimate of drug-likeness (QED) is 0.578. The van der Waals surface area contributed by atoms with Crippen molar-refractivity contribution in [2.45, 2.75) is 13.1 Å². The highest BCUT2D eigenvalue weighted by Gasteiger charge is 2.30. The average Bonchev–Trinajstić information content (AvgIpc) is 2.16. The first-order valence-corrected chi connectivity index (χ1v) is 4.30. The van der Waals surface area contributed by atoms with Gasteiger partial charge in [-0.3, -0.25) is 10.1 Å². The van der Waals surface area contributed by atoms with Crippen LogP contribution in [0, 0.1) is 10.1 Å². The summed E-state index contributed by atoms with van der Waals surface area (Å²) in [4.78, 5) is 9.65. The van der Waals surface area contributed by atoms with Crippen LogP contribution in [-0.4, -0.2) is 4.92 Å². The third kappa shape index (κ3) is 3.08. The van der Waals surface area contributed by atoms with Crippen molar-refractivity contribution in [1.29, 1.82) is 0 Å². The third-order valence-corrected chi connectivity index (χ3v) is 1.88. The maximum Gasteiger partial charge on any atom is 0.416 e. The molecule has 0 amide bonds. The average molecular weight is 231 g/mol. The number of hydrogen-bond donors (Lipinski definition) is 0. The van der Waals surface area contributed by atoms with Crippen molar-refractivity contribution in [3.05, 3.63) is 51.2 Å². The molecule has 0 saturated heterocycles. The minimum Gasteiger partial charge on any atom is -0.259 e. The van der Waals surface area contributed by atoms with Crippen molar-refractivity contribution in [1.82, 2.24) is 0 Å². The minimum absolute atomic E-state index is 0.157. The molecular weight excluding hydrogens is 223 g/mol. The second-order valence-electron chi connectivity index (χ2n) is 3.17. The molecule has 1 aromatic carbocycles. The topological polar surface area (TPSA) is 43.1 Å². The van der Waals surface area contributed by atoms with Crippen molar-refractivity contribution in [3.8, 4) is 0 Å². The fraction of sp³-hybridized carbons (Fsp3) is 0.200. The standard InChI is InChI=1S/C10H8F3NO2/c1-7(14(15)16)5-8-3-2-4-9(6-8)10(11,12)13/h2-6H,1H3. The lowest BCUT2D eigenvalue weighted by molar-refractivity contribution is -0.422. The Morgan fingerprint density at radius 2 is 2.06 bits per heavy atom. The van der Waals surface area contributed by atoms with E-state index in [9.17, 15) is 23.3 Å². The molecule has 1 rings (SSSR count). The Hall–Kier alpha value is -1.85. The number of alkyl halides is 3. The van der Waals surface area contributed by atoms with Gasteiger partial charge in [-0.25, -0.2) is 0 Å². The summed E-state index contributed by atoms with van der Waals surface area (Å²) in [6, 6.07) is 4.37. The van der Waals surface area contributed by atoms with E-state index in [0.717, 1.165) is 18.2 Å². The molecule has 6 heteroatoms. The molecular formula is C10H8F3NO2. The van der Waals surface area contributed by atoms with Crippen LogP contribution >= 0.6 is 0 Å². The second-order valence-corrected chi connectivity index (χ2v) is 3.17. The maximum absolute atomic E-state index is 12.3. The Labute approximate surface area is 89.4 Å². The first kappa shape index (κ1) is 12.2. The number of nitro groups is 1. The number of halogens is 3. The van der Waals surface area contributed by atoms with Crippen LogP contribution in [0.4, 0.5) is 13.2 Å². The van der Waals surface area contributed by atoms with Crippen molar-refractivity contribution >= 4 is 6.08 Å². The molecule has 0 radical (unpaired) electrons. The molecule has 0 aliphatic rings. The van der Waals surface area contributed by atoms with E-state index in [0.29, 0.717) is 0 Å². The number of nitrogens with zero attached hydrogens (tertiary/aromatic N) is 1.